The van der Waals surface area contributed by atoms with E-state index in [2.05, 4.69) is 0 Å². The van der Waals surface area contributed by atoms with Crippen molar-refractivity contribution in [1.82, 2.24) is 4.90 Å². The zero-order chi connectivity index (χ0) is 24.7. The van der Waals surface area contributed by atoms with Gasteiger partial charge in [0.05, 0.1) is 6.10 Å². The first kappa shape index (κ1) is 24.5. The van der Waals surface area contributed by atoms with Crippen LogP contribution < -0.4 is 0 Å². The summed E-state index contributed by atoms with van der Waals surface area (Å²) < 4.78 is 32.5. The van der Waals surface area contributed by atoms with E-state index >= 15 is 8.78 Å². The zero-order valence-corrected chi connectivity index (χ0v) is 20.3. The number of halogens is 2. The highest BCUT2D eigenvalue weighted by Crippen LogP contribution is 2.71. The van der Waals surface area contributed by atoms with Crippen LogP contribution >= 0.6 is 11.8 Å². The van der Waals surface area contributed by atoms with Crippen molar-refractivity contribution in [2.75, 3.05) is 14.1 Å². The number of aliphatic hydroxyl groups is 2. The molecule has 0 aromatic rings. The fraction of sp³-hybridized carbons (Fsp3) is 0.708. The molecule has 1 amide bonds. The van der Waals surface area contributed by atoms with Crippen molar-refractivity contribution in [2.24, 2.45) is 28.6 Å². The topological polar surface area (TPSA) is 94.9 Å². The molecule has 33 heavy (non-hydrogen) atoms. The predicted octanol–water partition coefficient (Wildman–Crippen LogP) is 3.22. The average Bonchev–Trinajstić information content (AvgIpc) is 2.93. The minimum Gasteiger partial charge on any atom is -0.390 e. The number of aliphatic hydroxyl groups excluding tert-OH is 1. The summed E-state index contributed by atoms with van der Waals surface area (Å²) in [6, 6.07) is 0. The Bertz CT molecular complexity index is 984. The van der Waals surface area contributed by atoms with Gasteiger partial charge in [-0.3, -0.25) is 14.4 Å². The van der Waals surface area contributed by atoms with Crippen LogP contribution in [-0.4, -0.2) is 68.9 Å². The minimum absolute atomic E-state index is 0.0286. The van der Waals surface area contributed by atoms with Gasteiger partial charge in [-0.1, -0.05) is 19.9 Å². The molecule has 0 aliphatic heterocycles. The number of thioether (sulfide) groups is 1. The molecule has 9 heteroatoms. The summed E-state index contributed by atoms with van der Waals surface area (Å²) in [7, 11) is 2.99. The third-order valence-corrected chi connectivity index (χ3v) is 10.1. The van der Waals surface area contributed by atoms with E-state index in [1.165, 1.54) is 38.1 Å². The number of hydrogen-bond donors (Lipinski definition) is 2. The lowest BCUT2D eigenvalue weighted by Gasteiger charge is -2.63. The molecule has 0 bridgehead atoms. The molecule has 6 nitrogen and oxygen atoms in total. The van der Waals surface area contributed by atoms with Crippen LogP contribution in [0.1, 0.15) is 40.0 Å². The lowest BCUT2D eigenvalue weighted by molar-refractivity contribution is -0.221. The number of ketones is 1. The van der Waals surface area contributed by atoms with Crippen LogP contribution in [0.3, 0.4) is 0 Å². The summed E-state index contributed by atoms with van der Waals surface area (Å²) in [5.74, 6) is -2.63. The maximum absolute atomic E-state index is 17.1. The quantitative estimate of drug-likeness (QED) is 0.595. The van der Waals surface area contributed by atoms with Crippen LogP contribution in [0.25, 0.3) is 0 Å². The second-order valence-corrected chi connectivity index (χ2v) is 11.7. The molecule has 9 atom stereocenters. The molecule has 3 fully saturated rings. The molecule has 0 aromatic heterocycles. The van der Waals surface area contributed by atoms with Crippen molar-refractivity contribution in [3.8, 4) is 0 Å². The Labute approximate surface area is 196 Å². The van der Waals surface area contributed by atoms with Gasteiger partial charge in [0.1, 0.15) is 11.8 Å². The second kappa shape index (κ2) is 7.46. The van der Waals surface area contributed by atoms with E-state index < -0.39 is 68.3 Å². The monoisotopic (exact) mass is 483 g/mol. The molecular weight excluding hydrogens is 452 g/mol. The number of rotatable bonds is 1. The minimum atomic E-state index is -2.27. The Hall–Kier alpha value is -1.58. The van der Waals surface area contributed by atoms with Crippen molar-refractivity contribution in [2.45, 2.75) is 63.6 Å². The third kappa shape index (κ3) is 2.94. The highest BCUT2D eigenvalue weighted by atomic mass is 32.2. The molecule has 0 heterocycles. The second-order valence-electron chi connectivity index (χ2n) is 10.8. The highest BCUT2D eigenvalue weighted by Gasteiger charge is 2.76. The average molecular weight is 484 g/mol. The number of nitrogens with zero attached hydrogens (tertiary/aromatic N) is 1. The smallest absolute Gasteiger partial charge is 0.288 e. The number of allylic oxidation sites excluding steroid dienone is 4. The Morgan fingerprint density at radius 1 is 1.21 bits per heavy atom. The van der Waals surface area contributed by atoms with Crippen molar-refractivity contribution in [1.29, 1.82) is 0 Å². The first-order valence-electron chi connectivity index (χ1n) is 11.3. The molecule has 0 aromatic carbocycles. The van der Waals surface area contributed by atoms with E-state index in [4.69, 9.17) is 0 Å². The number of carbonyl (C=O) groups is 3. The third-order valence-electron chi connectivity index (χ3n) is 9.07. The van der Waals surface area contributed by atoms with Crippen molar-refractivity contribution < 1.29 is 33.4 Å². The molecule has 4 rings (SSSR count). The molecule has 182 valence electrons. The molecule has 0 saturated heterocycles. The van der Waals surface area contributed by atoms with Gasteiger partial charge in [-0.15, -0.1) is 0 Å². The van der Waals surface area contributed by atoms with Crippen LogP contribution in [0.2, 0.25) is 0 Å². The Kier molecular flexibility index (Phi) is 5.55. The fourth-order valence-corrected chi connectivity index (χ4v) is 8.15. The summed E-state index contributed by atoms with van der Waals surface area (Å²) in [6.07, 6.45) is 0.273. The molecule has 0 unspecified atom stereocenters. The van der Waals surface area contributed by atoms with Crippen LogP contribution in [0.5, 0.6) is 0 Å². The number of amides is 1. The first-order valence-corrected chi connectivity index (χ1v) is 12.1. The molecule has 4 aliphatic rings. The Balaban J connectivity index is 1.79. The molecule has 2 N–H and O–H groups in total. The van der Waals surface area contributed by atoms with Crippen molar-refractivity contribution in [3.05, 3.63) is 23.8 Å². The number of alkyl halides is 2. The van der Waals surface area contributed by atoms with Crippen molar-refractivity contribution >= 4 is 27.9 Å². The largest absolute Gasteiger partial charge is 0.390 e. The molecule has 3 saturated carbocycles. The zero-order valence-electron chi connectivity index (χ0n) is 19.5. The van der Waals surface area contributed by atoms with Gasteiger partial charge < -0.3 is 15.1 Å². The number of fused-ring (bicyclic) bond motifs is 5. The Morgan fingerprint density at radius 3 is 2.45 bits per heavy atom. The van der Waals surface area contributed by atoms with Crippen LogP contribution in [0, 0.1) is 28.6 Å². The lowest BCUT2D eigenvalue weighted by Crippen LogP contribution is -2.70. The van der Waals surface area contributed by atoms with E-state index in [0.29, 0.717) is 11.8 Å². The van der Waals surface area contributed by atoms with E-state index in [0.717, 1.165) is 6.08 Å². The van der Waals surface area contributed by atoms with E-state index in [9.17, 15) is 24.6 Å². The summed E-state index contributed by atoms with van der Waals surface area (Å²) in [5, 5.41) is 21.7. The summed E-state index contributed by atoms with van der Waals surface area (Å²) in [4.78, 5) is 38.6. The van der Waals surface area contributed by atoms with Crippen LogP contribution in [0.4, 0.5) is 13.6 Å². The van der Waals surface area contributed by atoms with Gasteiger partial charge in [-0.05, 0) is 55.7 Å². The van der Waals surface area contributed by atoms with Gasteiger partial charge in [-0.25, -0.2) is 8.78 Å². The summed E-state index contributed by atoms with van der Waals surface area (Å²) in [6.45, 7) is 4.83. The maximum Gasteiger partial charge on any atom is 0.288 e. The normalized spacial score (nSPS) is 48.5. The van der Waals surface area contributed by atoms with Gasteiger partial charge in [0.15, 0.2) is 11.5 Å². The number of hydrogen-bond acceptors (Lipinski definition) is 6. The fourth-order valence-electron chi connectivity index (χ4n) is 7.22. The predicted molar refractivity (Wildman–Crippen MR) is 120 cm³/mol. The van der Waals surface area contributed by atoms with Gasteiger partial charge in [0, 0.05) is 42.6 Å². The molecular formula is C24H31F2NO5S. The van der Waals surface area contributed by atoms with E-state index in [1.54, 1.807) is 13.8 Å². The molecule has 4 aliphatic carbocycles. The van der Waals surface area contributed by atoms with E-state index in [-0.39, 0.29) is 24.8 Å². The standard InChI is InChI=1S/C24H31F2NO5S/c1-12-8-14-15-10-17(25)16-9-13(28)6-7-21(16,2)23(15,26)18(29)11-22(14,3)24(12,32)19(30)33-20(31)27(4)5/h6-7,9,12,14-15,17-18,29,32H,8,10-11H2,1-5H3/t12-,14+,15+,17+,18+,21+,22+,23+,24+/m1/s1. The lowest BCUT2D eigenvalue weighted by atomic mass is 9.44. The maximum atomic E-state index is 17.1. The summed E-state index contributed by atoms with van der Waals surface area (Å²) >= 11 is 0.401. The van der Waals surface area contributed by atoms with Gasteiger partial charge in [0.2, 0.25) is 5.12 Å². The molecule has 0 radical (unpaired) electrons. The van der Waals surface area contributed by atoms with Crippen LogP contribution in [0.15, 0.2) is 23.8 Å². The van der Waals surface area contributed by atoms with Gasteiger partial charge in [0.25, 0.3) is 5.24 Å². The molecule has 0 spiro atoms. The van der Waals surface area contributed by atoms with Gasteiger partial charge >= 0.3 is 0 Å². The number of carbonyl (C=O) groups excluding carboxylic acids is 3. The summed E-state index contributed by atoms with van der Waals surface area (Å²) in [5.41, 5.74) is -7.01. The van der Waals surface area contributed by atoms with Gasteiger partial charge in [-0.2, -0.15) is 0 Å². The Morgan fingerprint density at radius 2 is 1.85 bits per heavy atom. The van der Waals surface area contributed by atoms with E-state index in [1.807, 2.05) is 0 Å². The first-order chi connectivity index (χ1) is 15.1. The highest BCUT2D eigenvalue weighted by molar-refractivity contribution is 8.26. The van der Waals surface area contributed by atoms with Crippen LogP contribution in [-0.2, 0) is 9.59 Å². The SMILES string of the molecule is C[C@@H]1C[C@H]2[C@@H]3C[C@H](F)C4=CC(=O)C=C[C@]4(C)[C@@]3(F)[C@@H](O)C[C@]2(C)[C@@]1(O)C(=O)SC(=O)N(C)C. The van der Waals surface area contributed by atoms with Crippen molar-refractivity contribution in [3.63, 3.8) is 0 Å².